The van der Waals surface area contributed by atoms with Crippen LogP contribution in [0.4, 0.5) is 0 Å². The highest BCUT2D eigenvalue weighted by Crippen LogP contribution is 2.45. The summed E-state index contributed by atoms with van der Waals surface area (Å²) in [4.78, 5) is 0. The third-order valence-corrected chi connectivity index (χ3v) is 10.9. The minimum atomic E-state index is -0.449. The van der Waals surface area contributed by atoms with E-state index in [1.165, 1.54) is 0 Å². The Morgan fingerprint density at radius 2 is 0.852 bits per heavy atom. The van der Waals surface area contributed by atoms with Crippen molar-refractivity contribution in [3.63, 3.8) is 0 Å². The van der Waals surface area contributed by atoms with Crippen molar-refractivity contribution in [3.05, 3.63) is 182 Å². The van der Waals surface area contributed by atoms with Crippen molar-refractivity contribution < 1.29 is 19.8 Å². The maximum atomic E-state index is 9.39. The van der Waals surface area contributed by atoms with E-state index in [2.05, 4.69) is 30.3 Å². The quantitative estimate of drug-likeness (QED) is 0.172. The lowest BCUT2D eigenvalue weighted by atomic mass is 9.85. The van der Waals surface area contributed by atoms with E-state index in [0.717, 1.165) is 65.4 Å². The molecule has 0 fully saturated rings. The van der Waals surface area contributed by atoms with Crippen LogP contribution in [0.25, 0.3) is 120 Å². The van der Waals surface area contributed by atoms with Crippen LogP contribution < -0.4 is 0 Å². The van der Waals surface area contributed by atoms with Gasteiger partial charge in [0, 0.05) is 26.9 Å². The van der Waals surface area contributed by atoms with Gasteiger partial charge in [0.2, 0.25) is 0 Å². The standard InChI is InChI=1S/C52H30O2/c1-3-11-37-32(9-1)24-28-46-51(37)45-27-23-36(30-48(45)53-46)50-42-15-7-5-13-40(42)49(41-14-6-8-16-43(41)50)34-19-17-31(18-20-34)35-22-25-39-44-26-21-33-10-2-4-12-38(33)52(44)54-47(39)29-35/h1-30H/i5D,6D,7D,8D,13D,14D,15D,16D. The number of hydrogen-bond acceptors (Lipinski definition) is 2. The molecule has 54 heavy (non-hydrogen) atoms. The molecule has 0 aliphatic heterocycles. The molecule has 0 atom stereocenters. The van der Waals surface area contributed by atoms with E-state index in [-0.39, 0.29) is 51.3 Å². The third-order valence-electron chi connectivity index (χ3n) is 10.9. The molecule has 0 amide bonds. The molecule has 2 nitrogen and oxygen atoms in total. The Morgan fingerprint density at radius 3 is 1.59 bits per heavy atom. The highest BCUT2D eigenvalue weighted by molar-refractivity contribution is 6.23. The first-order chi connectivity index (χ1) is 30.1. The van der Waals surface area contributed by atoms with Crippen LogP contribution in [0, 0.1) is 0 Å². The molecule has 2 heteroatoms. The first-order valence-electron chi connectivity index (χ1n) is 21.8. The summed E-state index contributed by atoms with van der Waals surface area (Å²) < 4.78 is 85.8. The molecule has 250 valence electrons. The topological polar surface area (TPSA) is 26.3 Å². The van der Waals surface area contributed by atoms with Crippen LogP contribution in [0.5, 0.6) is 0 Å². The fourth-order valence-electron chi connectivity index (χ4n) is 8.42. The van der Waals surface area contributed by atoms with Crippen LogP contribution >= 0.6 is 0 Å². The van der Waals surface area contributed by atoms with Gasteiger partial charge in [-0.05, 0) is 107 Å². The van der Waals surface area contributed by atoms with E-state index in [4.69, 9.17) is 14.3 Å². The SMILES string of the molecule is [2H]c1c([2H])c([2H])c2c(-c3ccc4c(c3)oc3ccc5ccccc5c34)c3c([2H])c([2H])c([2H])c([2H])c3c(-c3ccc(-c4ccc5c(c4)oc4c6ccccc6ccc54)cc3)c2c1[2H]. The fraction of sp³-hybridized carbons (Fsp3) is 0. The summed E-state index contributed by atoms with van der Waals surface area (Å²) in [6.45, 7) is 0. The molecule has 0 radical (unpaired) electrons. The van der Waals surface area contributed by atoms with E-state index in [9.17, 15) is 5.48 Å². The number of furan rings is 2. The molecule has 0 spiro atoms. The monoisotopic (exact) mass is 694 g/mol. The van der Waals surface area contributed by atoms with Gasteiger partial charge in [-0.15, -0.1) is 0 Å². The van der Waals surface area contributed by atoms with Crippen molar-refractivity contribution in [2.24, 2.45) is 0 Å². The lowest BCUT2D eigenvalue weighted by molar-refractivity contribution is 0.669. The van der Waals surface area contributed by atoms with Gasteiger partial charge in [-0.3, -0.25) is 0 Å². The average Bonchev–Trinajstić information content (AvgIpc) is 3.88. The molecule has 12 rings (SSSR count). The van der Waals surface area contributed by atoms with Gasteiger partial charge >= 0.3 is 0 Å². The molecular formula is C52H30O2. The van der Waals surface area contributed by atoms with E-state index < -0.39 is 24.2 Å². The predicted molar refractivity (Wildman–Crippen MR) is 227 cm³/mol. The second-order valence-corrected chi connectivity index (χ2v) is 13.8. The maximum absolute atomic E-state index is 9.39. The van der Waals surface area contributed by atoms with Crippen LogP contribution in [-0.2, 0) is 0 Å². The summed E-state index contributed by atoms with van der Waals surface area (Å²) in [5, 5.41) is 8.64. The summed E-state index contributed by atoms with van der Waals surface area (Å²) in [7, 11) is 0. The predicted octanol–water partition coefficient (Wildman–Crippen LogP) is 15.1. The van der Waals surface area contributed by atoms with Gasteiger partial charge < -0.3 is 8.83 Å². The number of fused-ring (bicyclic) bond motifs is 12. The smallest absolute Gasteiger partial charge is 0.143 e. The Balaban J connectivity index is 1.11. The Kier molecular flexibility index (Phi) is 4.70. The van der Waals surface area contributed by atoms with E-state index >= 15 is 0 Å². The maximum Gasteiger partial charge on any atom is 0.143 e. The van der Waals surface area contributed by atoms with Crippen molar-refractivity contribution >= 4 is 87.0 Å². The Morgan fingerprint density at radius 1 is 0.333 bits per heavy atom. The molecule has 0 saturated heterocycles. The van der Waals surface area contributed by atoms with Gasteiger partial charge in [0.25, 0.3) is 0 Å². The second-order valence-electron chi connectivity index (χ2n) is 13.8. The van der Waals surface area contributed by atoms with Crippen molar-refractivity contribution in [2.45, 2.75) is 0 Å². The van der Waals surface area contributed by atoms with Crippen LogP contribution in [0.1, 0.15) is 11.0 Å². The number of hydrogen-bond donors (Lipinski definition) is 0. The van der Waals surface area contributed by atoms with E-state index in [1.54, 1.807) is 6.07 Å². The van der Waals surface area contributed by atoms with Gasteiger partial charge in [0.05, 0.1) is 11.0 Å². The van der Waals surface area contributed by atoms with Gasteiger partial charge in [0.15, 0.2) is 0 Å². The summed E-state index contributed by atoms with van der Waals surface area (Å²) >= 11 is 0. The minimum Gasteiger partial charge on any atom is -0.456 e. The lowest BCUT2D eigenvalue weighted by Crippen LogP contribution is -1.91. The Labute approximate surface area is 321 Å². The molecule has 0 aliphatic rings. The van der Waals surface area contributed by atoms with E-state index in [1.807, 2.05) is 97.1 Å². The fourth-order valence-corrected chi connectivity index (χ4v) is 8.42. The lowest BCUT2D eigenvalue weighted by Gasteiger charge is -2.18. The first-order valence-corrected chi connectivity index (χ1v) is 17.8. The average molecular weight is 695 g/mol. The molecule has 12 aromatic rings. The third kappa shape index (κ3) is 4.22. The summed E-state index contributed by atoms with van der Waals surface area (Å²) in [6, 6.07) is 40.4. The molecule has 0 N–H and O–H groups in total. The molecule has 2 aromatic heterocycles. The Bertz CT molecular complexity index is 3880. The minimum absolute atomic E-state index is 0.149. The summed E-state index contributed by atoms with van der Waals surface area (Å²) in [6.07, 6.45) is 0. The van der Waals surface area contributed by atoms with Crippen LogP contribution in [0.3, 0.4) is 0 Å². The zero-order chi connectivity index (χ0) is 42.3. The molecule has 0 saturated carbocycles. The number of benzene rings is 10. The van der Waals surface area contributed by atoms with Gasteiger partial charge in [0.1, 0.15) is 22.3 Å². The molecule has 0 unspecified atom stereocenters. The van der Waals surface area contributed by atoms with Crippen LogP contribution in [-0.4, -0.2) is 0 Å². The zero-order valence-electron chi connectivity index (χ0n) is 36.5. The van der Waals surface area contributed by atoms with Crippen molar-refractivity contribution in [1.29, 1.82) is 0 Å². The van der Waals surface area contributed by atoms with E-state index in [0.29, 0.717) is 27.9 Å². The van der Waals surface area contributed by atoms with Gasteiger partial charge in [-0.25, -0.2) is 0 Å². The van der Waals surface area contributed by atoms with Crippen molar-refractivity contribution in [2.75, 3.05) is 0 Å². The molecule has 0 bridgehead atoms. The van der Waals surface area contributed by atoms with Crippen molar-refractivity contribution in [1.82, 2.24) is 0 Å². The van der Waals surface area contributed by atoms with Gasteiger partial charge in [-0.1, -0.05) is 145 Å². The van der Waals surface area contributed by atoms with Crippen LogP contribution in [0.2, 0.25) is 0 Å². The zero-order valence-corrected chi connectivity index (χ0v) is 28.5. The van der Waals surface area contributed by atoms with Crippen molar-refractivity contribution in [3.8, 4) is 33.4 Å². The van der Waals surface area contributed by atoms with Gasteiger partial charge in [-0.2, -0.15) is 0 Å². The molecule has 10 aromatic carbocycles. The largest absolute Gasteiger partial charge is 0.456 e. The molecular weight excluding hydrogens is 657 g/mol. The molecule has 2 heterocycles. The number of rotatable bonds is 3. The highest BCUT2D eigenvalue weighted by Gasteiger charge is 2.19. The van der Waals surface area contributed by atoms with Crippen LogP contribution in [0.15, 0.2) is 191 Å². The second kappa shape index (κ2) is 11.2. The highest BCUT2D eigenvalue weighted by atomic mass is 16.3. The Hall–Kier alpha value is -7.16. The summed E-state index contributed by atoms with van der Waals surface area (Å²) in [5.74, 6) is 0. The molecule has 0 aliphatic carbocycles. The first kappa shape index (κ1) is 22.7. The summed E-state index contributed by atoms with van der Waals surface area (Å²) in [5.41, 5.74) is 6.12. The normalized spacial score (nSPS) is 14.1.